The maximum absolute atomic E-state index is 10.5. The number of carboxylic acid groups (broad SMARTS) is 1. The number of hydrogen-bond acceptors (Lipinski definition) is 5. The van der Waals surface area contributed by atoms with Gasteiger partial charge in [-0.1, -0.05) is 6.92 Å². The molecule has 96 valence electrons. The van der Waals surface area contributed by atoms with Crippen LogP contribution in [0.15, 0.2) is 5.38 Å². The molecule has 6 heteroatoms. The van der Waals surface area contributed by atoms with Crippen molar-refractivity contribution in [3.05, 3.63) is 16.1 Å². The van der Waals surface area contributed by atoms with Crippen molar-refractivity contribution >= 4 is 17.3 Å². The Morgan fingerprint density at radius 1 is 1.65 bits per heavy atom. The van der Waals surface area contributed by atoms with Crippen molar-refractivity contribution in [2.45, 2.75) is 19.3 Å². The minimum absolute atomic E-state index is 0.0182. The third kappa shape index (κ3) is 4.80. The number of aliphatic hydroxyl groups excluding tert-OH is 1. The molecule has 0 aliphatic rings. The number of nitrogens with zero attached hydrogens (tertiary/aromatic N) is 2. The molecule has 0 spiro atoms. The standard InChI is InChI=1S/C11H18N2O3S/c1-8(6-13(2)3-4-14)11-12-9(7-17-11)5-10(15)16/h7-8,14H,3-6H2,1-2H3,(H,15,16). The average molecular weight is 258 g/mol. The van der Waals surface area contributed by atoms with Gasteiger partial charge in [0.05, 0.1) is 23.7 Å². The van der Waals surface area contributed by atoms with Crippen LogP contribution < -0.4 is 0 Å². The molecule has 1 atom stereocenters. The quantitative estimate of drug-likeness (QED) is 0.756. The van der Waals surface area contributed by atoms with Gasteiger partial charge in [0, 0.05) is 24.4 Å². The molecule has 5 nitrogen and oxygen atoms in total. The molecule has 0 aliphatic heterocycles. The largest absolute Gasteiger partial charge is 0.481 e. The van der Waals surface area contributed by atoms with Gasteiger partial charge in [-0.3, -0.25) is 4.79 Å². The topological polar surface area (TPSA) is 73.7 Å². The molecule has 1 aromatic heterocycles. The number of rotatable bonds is 7. The first-order valence-corrected chi connectivity index (χ1v) is 6.36. The van der Waals surface area contributed by atoms with E-state index < -0.39 is 5.97 Å². The fourth-order valence-corrected chi connectivity index (χ4v) is 2.46. The second-order valence-electron chi connectivity index (χ2n) is 4.13. The van der Waals surface area contributed by atoms with E-state index in [1.165, 1.54) is 11.3 Å². The summed E-state index contributed by atoms with van der Waals surface area (Å²) in [6.07, 6.45) is -0.0182. The number of likely N-dealkylation sites (N-methyl/N-ethyl adjacent to an activating group) is 1. The van der Waals surface area contributed by atoms with Crippen molar-refractivity contribution in [1.82, 2.24) is 9.88 Å². The van der Waals surface area contributed by atoms with Crippen molar-refractivity contribution in [2.24, 2.45) is 0 Å². The highest BCUT2D eigenvalue weighted by Crippen LogP contribution is 2.21. The van der Waals surface area contributed by atoms with E-state index in [4.69, 9.17) is 10.2 Å². The van der Waals surface area contributed by atoms with Crippen molar-refractivity contribution in [1.29, 1.82) is 0 Å². The van der Waals surface area contributed by atoms with Gasteiger partial charge in [0.1, 0.15) is 0 Å². The Labute approximate surface area is 105 Å². The average Bonchev–Trinajstić information content (AvgIpc) is 2.65. The summed E-state index contributed by atoms with van der Waals surface area (Å²) >= 11 is 1.50. The summed E-state index contributed by atoms with van der Waals surface area (Å²) in [6.45, 7) is 3.64. The van der Waals surface area contributed by atoms with Crippen LogP contribution in [0.2, 0.25) is 0 Å². The summed E-state index contributed by atoms with van der Waals surface area (Å²) in [7, 11) is 1.94. The highest BCUT2D eigenvalue weighted by Gasteiger charge is 2.13. The summed E-state index contributed by atoms with van der Waals surface area (Å²) in [6, 6.07) is 0. The van der Waals surface area contributed by atoms with Crippen LogP contribution >= 0.6 is 11.3 Å². The second kappa shape index (κ2) is 6.68. The van der Waals surface area contributed by atoms with Crippen LogP contribution in [-0.4, -0.2) is 52.8 Å². The smallest absolute Gasteiger partial charge is 0.309 e. The molecule has 17 heavy (non-hydrogen) atoms. The molecule has 1 unspecified atom stereocenters. The predicted molar refractivity (Wildman–Crippen MR) is 66.5 cm³/mol. The summed E-state index contributed by atoms with van der Waals surface area (Å²) in [4.78, 5) is 16.9. The van der Waals surface area contributed by atoms with Crippen LogP contribution in [0.25, 0.3) is 0 Å². The number of hydrogen-bond donors (Lipinski definition) is 2. The molecule has 1 heterocycles. The third-order valence-electron chi connectivity index (χ3n) is 2.39. The number of aliphatic hydroxyl groups is 1. The summed E-state index contributed by atoms with van der Waals surface area (Å²) in [5.41, 5.74) is 0.620. The number of aromatic nitrogens is 1. The Bertz CT molecular complexity index is 367. The van der Waals surface area contributed by atoms with Crippen LogP contribution in [0.3, 0.4) is 0 Å². The van der Waals surface area contributed by atoms with Crippen LogP contribution in [0.1, 0.15) is 23.5 Å². The van der Waals surface area contributed by atoms with Crippen LogP contribution in [0.5, 0.6) is 0 Å². The molecule has 0 aliphatic carbocycles. The zero-order valence-corrected chi connectivity index (χ0v) is 10.9. The van der Waals surface area contributed by atoms with E-state index in [9.17, 15) is 4.79 Å². The molecule has 2 N–H and O–H groups in total. The first-order valence-electron chi connectivity index (χ1n) is 5.48. The van der Waals surface area contributed by atoms with Gasteiger partial charge in [-0.15, -0.1) is 11.3 Å². The Balaban J connectivity index is 2.54. The summed E-state index contributed by atoms with van der Waals surface area (Å²) in [5, 5.41) is 20.2. The highest BCUT2D eigenvalue weighted by molar-refractivity contribution is 7.09. The maximum atomic E-state index is 10.5. The van der Waals surface area contributed by atoms with Gasteiger partial charge in [0.25, 0.3) is 0 Å². The lowest BCUT2D eigenvalue weighted by Gasteiger charge is -2.18. The summed E-state index contributed by atoms with van der Waals surface area (Å²) in [5.74, 6) is -0.606. The minimum atomic E-state index is -0.855. The zero-order chi connectivity index (χ0) is 12.8. The van der Waals surface area contributed by atoms with Crippen molar-refractivity contribution < 1.29 is 15.0 Å². The lowest BCUT2D eigenvalue weighted by molar-refractivity contribution is -0.136. The predicted octanol–water partition coefficient (Wildman–Crippen LogP) is 0.798. The van der Waals surface area contributed by atoms with E-state index in [-0.39, 0.29) is 18.9 Å². The maximum Gasteiger partial charge on any atom is 0.309 e. The van der Waals surface area contributed by atoms with Gasteiger partial charge in [0.2, 0.25) is 0 Å². The highest BCUT2D eigenvalue weighted by atomic mass is 32.1. The number of thiazole rings is 1. The number of aliphatic carboxylic acids is 1. The number of carbonyl (C=O) groups is 1. The molecule has 0 fully saturated rings. The van der Waals surface area contributed by atoms with E-state index in [2.05, 4.69) is 11.9 Å². The monoisotopic (exact) mass is 258 g/mol. The van der Waals surface area contributed by atoms with E-state index in [1.807, 2.05) is 11.9 Å². The lowest BCUT2D eigenvalue weighted by Crippen LogP contribution is -2.26. The molecular formula is C11H18N2O3S. The first-order chi connectivity index (χ1) is 8.02. The molecule has 1 aromatic rings. The summed E-state index contributed by atoms with van der Waals surface area (Å²) < 4.78 is 0. The van der Waals surface area contributed by atoms with Gasteiger partial charge in [-0.05, 0) is 7.05 Å². The van der Waals surface area contributed by atoms with E-state index in [0.717, 1.165) is 11.6 Å². The zero-order valence-electron chi connectivity index (χ0n) is 10.1. The van der Waals surface area contributed by atoms with Crippen molar-refractivity contribution in [3.8, 4) is 0 Å². The lowest BCUT2D eigenvalue weighted by atomic mass is 10.2. The second-order valence-corrected chi connectivity index (χ2v) is 5.02. The minimum Gasteiger partial charge on any atom is -0.481 e. The fraction of sp³-hybridized carbons (Fsp3) is 0.636. The van der Waals surface area contributed by atoms with Crippen molar-refractivity contribution in [2.75, 3.05) is 26.7 Å². The van der Waals surface area contributed by atoms with Gasteiger partial charge in [-0.25, -0.2) is 4.98 Å². The third-order valence-corrected chi connectivity index (χ3v) is 3.52. The SMILES string of the molecule is CC(CN(C)CCO)c1nc(CC(=O)O)cs1. The molecule has 0 saturated heterocycles. The molecule has 1 rings (SSSR count). The first kappa shape index (κ1) is 14.1. The van der Waals surface area contributed by atoms with Crippen LogP contribution in [0.4, 0.5) is 0 Å². The fourth-order valence-electron chi connectivity index (χ4n) is 1.59. The van der Waals surface area contributed by atoms with Gasteiger partial charge >= 0.3 is 5.97 Å². The molecule has 0 saturated carbocycles. The Kier molecular flexibility index (Phi) is 5.54. The molecule has 0 radical (unpaired) electrons. The van der Waals surface area contributed by atoms with Gasteiger partial charge in [0.15, 0.2) is 0 Å². The number of carboxylic acids is 1. The van der Waals surface area contributed by atoms with E-state index in [1.54, 1.807) is 5.38 Å². The van der Waals surface area contributed by atoms with E-state index in [0.29, 0.717) is 12.2 Å². The Morgan fingerprint density at radius 2 is 2.35 bits per heavy atom. The van der Waals surface area contributed by atoms with Gasteiger partial charge in [-0.2, -0.15) is 0 Å². The van der Waals surface area contributed by atoms with E-state index >= 15 is 0 Å². The molecule has 0 bridgehead atoms. The Morgan fingerprint density at radius 3 is 2.94 bits per heavy atom. The van der Waals surface area contributed by atoms with Crippen LogP contribution in [0, 0.1) is 0 Å². The Hall–Kier alpha value is -0.980. The van der Waals surface area contributed by atoms with Gasteiger partial charge < -0.3 is 15.1 Å². The van der Waals surface area contributed by atoms with Crippen LogP contribution in [-0.2, 0) is 11.2 Å². The van der Waals surface area contributed by atoms with Crippen molar-refractivity contribution in [3.63, 3.8) is 0 Å². The molecule has 0 aromatic carbocycles. The molecular weight excluding hydrogens is 240 g/mol. The molecule has 0 amide bonds. The normalized spacial score (nSPS) is 12.9.